The van der Waals surface area contributed by atoms with E-state index in [0.717, 1.165) is 0 Å². The van der Waals surface area contributed by atoms with Crippen LogP contribution in [0.15, 0.2) is 0 Å². The zero-order valence-electron chi connectivity index (χ0n) is 14.9. The average molecular weight is 356 g/mol. The van der Waals surface area contributed by atoms with E-state index in [9.17, 15) is 14.4 Å². The van der Waals surface area contributed by atoms with E-state index in [1.54, 1.807) is 20.8 Å². The fourth-order valence-corrected chi connectivity index (χ4v) is 0.485. The van der Waals surface area contributed by atoms with Gasteiger partial charge in [0.15, 0.2) is 0 Å². The van der Waals surface area contributed by atoms with Crippen LogP contribution in [0.4, 0.5) is 0 Å². The van der Waals surface area contributed by atoms with Crippen molar-refractivity contribution in [3.63, 3.8) is 0 Å². The Kier molecular flexibility index (Phi) is 26.8. The maximum atomic E-state index is 9.37. The molecule has 0 aromatic rings. The Morgan fingerprint density at radius 2 is 0.792 bits per heavy atom. The molecule has 146 valence electrons. The van der Waals surface area contributed by atoms with Crippen molar-refractivity contribution in [1.82, 2.24) is 0 Å². The van der Waals surface area contributed by atoms with E-state index in [4.69, 9.17) is 30.6 Å². The summed E-state index contributed by atoms with van der Waals surface area (Å²) >= 11 is 0. The molecule has 0 aliphatic heterocycles. The molecule has 0 aromatic heterocycles. The molecule has 9 heteroatoms. The van der Waals surface area contributed by atoms with Gasteiger partial charge < -0.3 is 30.6 Å². The first-order valence-electron chi connectivity index (χ1n) is 7.54. The summed E-state index contributed by atoms with van der Waals surface area (Å²) in [5, 5.41) is 49.1. The molecule has 0 heterocycles. The van der Waals surface area contributed by atoms with Crippen LogP contribution in [-0.2, 0) is 14.4 Å². The van der Waals surface area contributed by atoms with E-state index in [2.05, 4.69) is 0 Å². The molecule has 0 bridgehead atoms. The standard InChI is InChI=1S/C6H14O3.3C3H6O2/c1-2-6(3-7,4-8)5-9;3*1-2-3(4)5/h7-9H,2-5H2,1H3;3*2H2,1H3,(H,4,5). The van der Waals surface area contributed by atoms with E-state index in [-0.39, 0.29) is 39.1 Å². The van der Waals surface area contributed by atoms with Gasteiger partial charge in [0.05, 0.1) is 19.8 Å². The lowest BCUT2D eigenvalue weighted by Crippen LogP contribution is -2.32. The summed E-state index contributed by atoms with van der Waals surface area (Å²) in [7, 11) is 0. The van der Waals surface area contributed by atoms with Gasteiger partial charge in [-0.25, -0.2) is 0 Å². The third kappa shape index (κ3) is 28.5. The predicted octanol–water partition coefficient (Wildman–Crippen LogP) is 0.803. The number of aliphatic carboxylic acids is 3. The van der Waals surface area contributed by atoms with E-state index in [1.807, 2.05) is 6.92 Å². The Labute approximate surface area is 142 Å². The van der Waals surface area contributed by atoms with Crippen molar-refractivity contribution in [1.29, 1.82) is 0 Å². The summed E-state index contributed by atoms with van der Waals surface area (Å²) in [5.74, 6) is -2.24. The summed E-state index contributed by atoms with van der Waals surface area (Å²) in [6, 6.07) is 0. The van der Waals surface area contributed by atoms with Crippen molar-refractivity contribution in [2.24, 2.45) is 5.41 Å². The van der Waals surface area contributed by atoms with Crippen LogP contribution in [0.25, 0.3) is 0 Å². The largest absolute Gasteiger partial charge is 0.481 e. The lowest BCUT2D eigenvalue weighted by Gasteiger charge is -2.24. The summed E-state index contributed by atoms with van der Waals surface area (Å²) in [6.07, 6.45) is 1.26. The van der Waals surface area contributed by atoms with Gasteiger partial charge >= 0.3 is 17.9 Å². The van der Waals surface area contributed by atoms with Gasteiger partial charge in [-0.2, -0.15) is 0 Å². The highest BCUT2D eigenvalue weighted by atomic mass is 16.4. The van der Waals surface area contributed by atoms with Crippen molar-refractivity contribution in [2.45, 2.75) is 53.4 Å². The lowest BCUT2D eigenvalue weighted by molar-refractivity contribution is -0.137. The van der Waals surface area contributed by atoms with Gasteiger partial charge in [0.25, 0.3) is 0 Å². The van der Waals surface area contributed by atoms with Crippen LogP contribution < -0.4 is 0 Å². The number of aliphatic hydroxyl groups excluding tert-OH is 3. The number of rotatable bonds is 7. The summed E-state index contributed by atoms with van der Waals surface area (Å²) in [6.45, 7) is 6.15. The fourth-order valence-electron chi connectivity index (χ4n) is 0.485. The molecule has 0 spiro atoms. The summed E-state index contributed by atoms with van der Waals surface area (Å²) in [5.41, 5.74) is -0.667. The van der Waals surface area contributed by atoms with Gasteiger partial charge in [0.2, 0.25) is 0 Å². The van der Waals surface area contributed by atoms with Gasteiger partial charge in [0, 0.05) is 24.7 Å². The van der Waals surface area contributed by atoms with E-state index in [1.165, 1.54) is 0 Å². The molecular weight excluding hydrogens is 324 g/mol. The molecule has 9 nitrogen and oxygen atoms in total. The minimum atomic E-state index is -0.745. The Balaban J connectivity index is -0.000000116. The molecule has 0 aliphatic carbocycles. The zero-order valence-corrected chi connectivity index (χ0v) is 14.9. The number of carboxylic acids is 3. The predicted molar refractivity (Wildman–Crippen MR) is 87.8 cm³/mol. The number of hydrogen-bond acceptors (Lipinski definition) is 6. The van der Waals surface area contributed by atoms with Gasteiger partial charge in [-0.3, -0.25) is 14.4 Å². The van der Waals surface area contributed by atoms with Crippen molar-refractivity contribution in [3.8, 4) is 0 Å². The smallest absolute Gasteiger partial charge is 0.303 e. The average Bonchev–Trinajstić information content (AvgIpc) is 2.59. The Morgan fingerprint density at radius 1 is 0.625 bits per heavy atom. The lowest BCUT2D eigenvalue weighted by atomic mass is 9.88. The molecule has 0 saturated carbocycles. The topological polar surface area (TPSA) is 173 Å². The first-order chi connectivity index (χ1) is 11.1. The van der Waals surface area contributed by atoms with Gasteiger partial charge in [-0.1, -0.05) is 27.7 Å². The Hall–Kier alpha value is -1.71. The van der Waals surface area contributed by atoms with E-state index in [0.29, 0.717) is 6.42 Å². The third-order valence-corrected chi connectivity index (χ3v) is 2.66. The molecule has 0 fully saturated rings. The first-order valence-corrected chi connectivity index (χ1v) is 7.54. The third-order valence-electron chi connectivity index (χ3n) is 2.66. The van der Waals surface area contributed by atoms with Crippen LogP contribution in [0.5, 0.6) is 0 Å². The number of carboxylic acid groups (broad SMARTS) is 3. The minimum absolute atomic E-state index is 0.156. The molecule has 0 amide bonds. The maximum Gasteiger partial charge on any atom is 0.303 e. The minimum Gasteiger partial charge on any atom is -0.481 e. The maximum absolute atomic E-state index is 9.37. The highest BCUT2D eigenvalue weighted by Gasteiger charge is 2.24. The van der Waals surface area contributed by atoms with Crippen LogP contribution in [0.2, 0.25) is 0 Å². The molecule has 0 saturated heterocycles. The van der Waals surface area contributed by atoms with E-state index >= 15 is 0 Å². The normalized spacial score (nSPS) is 9.12. The Bertz CT molecular complexity index is 261. The molecule has 0 unspecified atom stereocenters. The van der Waals surface area contributed by atoms with Crippen molar-refractivity contribution in [2.75, 3.05) is 19.8 Å². The van der Waals surface area contributed by atoms with Crippen LogP contribution in [0, 0.1) is 5.41 Å². The first kappa shape index (κ1) is 30.2. The van der Waals surface area contributed by atoms with Crippen molar-refractivity contribution >= 4 is 17.9 Å². The van der Waals surface area contributed by atoms with Gasteiger partial charge in [-0.05, 0) is 6.42 Å². The van der Waals surface area contributed by atoms with Gasteiger partial charge in [-0.15, -0.1) is 0 Å². The van der Waals surface area contributed by atoms with E-state index < -0.39 is 23.3 Å². The zero-order chi connectivity index (χ0) is 20.2. The van der Waals surface area contributed by atoms with Crippen molar-refractivity contribution in [3.05, 3.63) is 0 Å². The van der Waals surface area contributed by atoms with Crippen LogP contribution in [0.3, 0.4) is 0 Å². The number of carbonyl (C=O) groups is 3. The monoisotopic (exact) mass is 356 g/mol. The van der Waals surface area contributed by atoms with Crippen LogP contribution in [-0.4, -0.2) is 68.4 Å². The van der Waals surface area contributed by atoms with Crippen LogP contribution in [0.1, 0.15) is 53.4 Å². The SMILES string of the molecule is CCC(=O)O.CCC(=O)O.CCC(=O)O.CCC(CO)(CO)CO. The molecule has 0 aromatic carbocycles. The molecule has 0 aliphatic rings. The molecule has 24 heavy (non-hydrogen) atoms. The molecule has 6 N–H and O–H groups in total. The summed E-state index contributed by atoms with van der Waals surface area (Å²) < 4.78 is 0. The van der Waals surface area contributed by atoms with Crippen LogP contribution >= 0.6 is 0 Å². The number of hydrogen-bond donors (Lipinski definition) is 6. The second kappa shape index (κ2) is 21.3. The molecule has 0 rings (SSSR count). The molecule has 0 radical (unpaired) electrons. The number of aliphatic hydroxyl groups is 3. The fraction of sp³-hybridized carbons (Fsp3) is 0.800. The highest BCUT2D eigenvalue weighted by molar-refractivity contribution is 5.66. The molecule has 0 atom stereocenters. The Morgan fingerprint density at radius 3 is 0.792 bits per heavy atom. The van der Waals surface area contributed by atoms with Crippen molar-refractivity contribution < 1.29 is 45.0 Å². The highest BCUT2D eigenvalue weighted by Crippen LogP contribution is 2.18. The second-order valence-electron chi connectivity index (χ2n) is 4.57. The second-order valence-corrected chi connectivity index (χ2v) is 4.57. The van der Waals surface area contributed by atoms with Gasteiger partial charge in [0.1, 0.15) is 0 Å². The quantitative estimate of drug-likeness (QED) is 0.385. The summed E-state index contributed by atoms with van der Waals surface area (Å²) in [4.78, 5) is 28.1. The molecular formula is C15H32O9.